The van der Waals surface area contributed by atoms with Gasteiger partial charge < -0.3 is 0 Å². The number of amides is 2. The molecule has 9 heteroatoms. The number of hydrogen-bond acceptors (Lipinski definition) is 7. The van der Waals surface area contributed by atoms with E-state index in [0.717, 1.165) is 54.7 Å². The van der Waals surface area contributed by atoms with E-state index in [9.17, 15) is 9.59 Å². The molecule has 0 saturated heterocycles. The van der Waals surface area contributed by atoms with Crippen LogP contribution in [0.2, 0.25) is 0 Å². The lowest BCUT2D eigenvalue weighted by atomic mass is 10.1. The maximum atomic E-state index is 13.3. The summed E-state index contributed by atoms with van der Waals surface area (Å²) >= 11 is 3.97. The second-order valence-corrected chi connectivity index (χ2v) is 13.0. The molecule has 0 fully saturated rings. The first-order valence-electron chi connectivity index (χ1n) is 14.1. The van der Waals surface area contributed by atoms with E-state index in [-0.39, 0.29) is 11.8 Å². The topological polar surface area (TPSA) is 84.0 Å². The van der Waals surface area contributed by atoms with Crippen molar-refractivity contribution in [2.75, 3.05) is 10.6 Å². The van der Waals surface area contributed by atoms with E-state index in [1.54, 1.807) is 12.1 Å². The molecular formula is C36H24N4O2S3. The maximum absolute atomic E-state index is 13.3. The number of nitrogens with zero attached hydrogens (tertiary/aromatic N) is 2. The van der Waals surface area contributed by atoms with Gasteiger partial charge in [0.2, 0.25) is 0 Å². The quantitative estimate of drug-likeness (QED) is 0.173. The Hall–Kier alpha value is -5.22. The Morgan fingerprint density at radius 3 is 1.11 bits per heavy atom. The van der Waals surface area contributed by atoms with Crippen molar-refractivity contribution >= 4 is 56.1 Å². The molecule has 7 aromatic rings. The standard InChI is InChI=1S/C36H24N4O2S3/c41-33(39-35-37-29(23-13-5-1-6-14-23)31(44-35)25-17-9-3-10-18-25)27-21-22-28(43-27)34(42)40-36-38-30(24-15-7-2-8-16-24)32(45-36)26-19-11-4-12-20-26/h1-22H,(H,37,39,41)(H,38,40,42). The molecule has 0 spiro atoms. The van der Waals surface area contributed by atoms with Crippen LogP contribution in [0.15, 0.2) is 133 Å². The molecule has 45 heavy (non-hydrogen) atoms. The van der Waals surface area contributed by atoms with Gasteiger partial charge in [-0.1, -0.05) is 144 Å². The van der Waals surface area contributed by atoms with Crippen LogP contribution in [-0.4, -0.2) is 21.8 Å². The van der Waals surface area contributed by atoms with E-state index in [0.29, 0.717) is 20.0 Å². The summed E-state index contributed by atoms with van der Waals surface area (Å²) in [6.45, 7) is 0. The van der Waals surface area contributed by atoms with Gasteiger partial charge in [0.05, 0.1) is 30.9 Å². The number of thiazole rings is 2. The number of hydrogen-bond donors (Lipinski definition) is 2. The van der Waals surface area contributed by atoms with Crippen LogP contribution in [0.4, 0.5) is 10.3 Å². The second kappa shape index (κ2) is 12.8. The summed E-state index contributed by atoms with van der Waals surface area (Å²) in [6, 6.07) is 43.1. The van der Waals surface area contributed by atoms with Crippen molar-refractivity contribution in [3.05, 3.63) is 143 Å². The third-order valence-corrected chi connectivity index (χ3v) is 10.0. The van der Waals surface area contributed by atoms with Gasteiger partial charge in [0.25, 0.3) is 11.8 Å². The summed E-state index contributed by atoms with van der Waals surface area (Å²) in [5, 5.41) is 6.86. The Labute approximate surface area is 271 Å². The molecule has 0 aliphatic rings. The summed E-state index contributed by atoms with van der Waals surface area (Å²) in [5.41, 5.74) is 5.60. The summed E-state index contributed by atoms with van der Waals surface area (Å²) in [7, 11) is 0. The Kier molecular flexibility index (Phi) is 8.11. The molecular weight excluding hydrogens is 617 g/mol. The summed E-state index contributed by atoms with van der Waals surface area (Å²) in [5.74, 6) is -0.641. The van der Waals surface area contributed by atoms with Gasteiger partial charge in [-0.15, -0.1) is 11.3 Å². The molecule has 0 atom stereocenters. The van der Waals surface area contributed by atoms with Gasteiger partial charge in [-0.25, -0.2) is 9.97 Å². The summed E-state index contributed by atoms with van der Waals surface area (Å²) < 4.78 is 0. The minimum absolute atomic E-state index is 0.320. The smallest absolute Gasteiger partial charge is 0.267 e. The zero-order chi connectivity index (χ0) is 30.6. The number of anilines is 2. The third-order valence-electron chi connectivity index (χ3n) is 6.92. The molecule has 0 bridgehead atoms. The largest absolute Gasteiger partial charge is 0.297 e. The predicted molar refractivity (Wildman–Crippen MR) is 186 cm³/mol. The van der Waals surface area contributed by atoms with Gasteiger partial charge in [-0.05, 0) is 23.3 Å². The Balaban J connectivity index is 1.11. The highest BCUT2D eigenvalue weighted by Crippen LogP contribution is 2.40. The van der Waals surface area contributed by atoms with E-state index < -0.39 is 0 Å². The van der Waals surface area contributed by atoms with Crippen molar-refractivity contribution in [3.8, 4) is 43.4 Å². The fourth-order valence-corrected chi connectivity index (χ4v) is 7.57. The molecule has 0 aliphatic heterocycles. The number of thiophene rings is 1. The van der Waals surface area contributed by atoms with E-state index in [2.05, 4.69) is 10.6 Å². The Morgan fingerprint density at radius 2 is 0.756 bits per heavy atom. The fraction of sp³-hybridized carbons (Fsp3) is 0. The number of carbonyl (C=O) groups is 2. The van der Waals surface area contributed by atoms with Gasteiger partial charge >= 0.3 is 0 Å². The minimum atomic E-state index is -0.320. The van der Waals surface area contributed by atoms with Gasteiger partial charge in [0, 0.05) is 11.1 Å². The monoisotopic (exact) mass is 640 g/mol. The number of benzene rings is 4. The van der Waals surface area contributed by atoms with Gasteiger partial charge in [0.15, 0.2) is 10.3 Å². The summed E-state index contributed by atoms with van der Waals surface area (Å²) in [6.07, 6.45) is 0. The number of carbonyl (C=O) groups excluding carboxylic acids is 2. The highest BCUT2D eigenvalue weighted by molar-refractivity contribution is 7.20. The second-order valence-electron chi connectivity index (χ2n) is 9.93. The van der Waals surface area contributed by atoms with E-state index in [1.165, 1.54) is 22.7 Å². The van der Waals surface area contributed by atoms with Gasteiger partial charge in [-0.3, -0.25) is 20.2 Å². The lowest BCUT2D eigenvalue weighted by Gasteiger charge is -2.02. The molecule has 3 aromatic heterocycles. The van der Waals surface area contributed by atoms with E-state index in [4.69, 9.17) is 9.97 Å². The minimum Gasteiger partial charge on any atom is -0.297 e. The van der Waals surface area contributed by atoms with Crippen LogP contribution in [0.1, 0.15) is 19.3 Å². The van der Waals surface area contributed by atoms with Crippen LogP contribution in [0.25, 0.3) is 43.4 Å². The van der Waals surface area contributed by atoms with Crippen LogP contribution in [-0.2, 0) is 0 Å². The summed E-state index contributed by atoms with van der Waals surface area (Å²) in [4.78, 5) is 38.9. The molecule has 3 heterocycles. The fourth-order valence-electron chi connectivity index (χ4n) is 4.80. The van der Waals surface area contributed by atoms with E-state index >= 15 is 0 Å². The average Bonchev–Trinajstić information content (AvgIpc) is 3.86. The van der Waals surface area contributed by atoms with Gasteiger partial charge in [-0.2, -0.15) is 0 Å². The molecule has 6 nitrogen and oxygen atoms in total. The van der Waals surface area contributed by atoms with Crippen LogP contribution in [0.5, 0.6) is 0 Å². The molecule has 0 saturated carbocycles. The first-order valence-corrected chi connectivity index (χ1v) is 16.5. The number of aromatic nitrogens is 2. The Morgan fingerprint density at radius 1 is 0.422 bits per heavy atom. The molecule has 0 unspecified atom stereocenters. The lowest BCUT2D eigenvalue weighted by Crippen LogP contribution is -2.11. The highest BCUT2D eigenvalue weighted by Gasteiger charge is 2.21. The maximum Gasteiger partial charge on any atom is 0.267 e. The third kappa shape index (κ3) is 6.23. The SMILES string of the molecule is O=C(Nc1nc(-c2ccccc2)c(-c2ccccc2)s1)c1ccc(C(=O)Nc2nc(-c3ccccc3)c(-c3ccccc3)s2)s1. The van der Waals surface area contributed by atoms with Crippen molar-refractivity contribution in [2.45, 2.75) is 0 Å². The molecule has 0 aliphatic carbocycles. The van der Waals surface area contributed by atoms with Crippen molar-refractivity contribution in [1.29, 1.82) is 0 Å². The number of rotatable bonds is 8. The first kappa shape index (κ1) is 28.5. The van der Waals surface area contributed by atoms with Crippen molar-refractivity contribution in [3.63, 3.8) is 0 Å². The van der Waals surface area contributed by atoms with Crippen LogP contribution in [0.3, 0.4) is 0 Å². The average molecular weight is 641 g/mol. The lowest BCUT2D eigenvalue weighted by molar-refractivity contribution is 0.102. The molecule has 2 N–H and O–H groups in total. The zero-order valence-electron chi connectivity index (χ0n) is 23.6. The van der Waals surface area contributed by atoms with Crippen molar-refractivity contribution in [1.82, 2.24) is 9.97 Å². The molecule has 4 aromatic carbocycles. The molecule has 7 rings (SSSR count). The highest BCUT2D eigenvalue weighted by atomic mass is 32.1. The van der Waals surface area contributed by atoms with E-state index in [1.807, 2.05) is 121 Å². The predicted octanol–water partition coefficient (Wildman–Crippen LogP) is 9.83. The van der Waals surface area contributed by atoms with Crippen molar-refractivity contribution < 1.29 is 9.59 Å². The van der Waals surface area contributed by atoms with Gasteiger partial charge in [0.1, 0.15) is 0 Å². The molecule has 0 radical (unpaired) electrons. The van der Waals surface area contributed by atoms with Crippen LogP contribution in [0, 0.1) is 0 Å². The molecule has 2 amide bonds. The normalized spacial score (nSPS) is 10.8. The zero-order valence-corrected chi connectivity index (χ0v) is 26.1. The van der Waals surface area contributed by atoms with Crippen molar-refractivity contribution in [2.24, 2.45) is 0 Å². The molecule has 218 valence electrons. The Bertz CT molecular complexity index is 1820. The first-order chi connectivity index (χ1) is 22.1. The van der Waals surface area contributed by atoms with Crippen LogP contribution >= 0.6 is 34.0 Å². The van der Waals surface area contributed by atoms with Crippen LogP contribution < -0.4 is 10.6 Å². The number of nitrogens with one attached hydrogen (secondary N) is 2.